The maximum absolute atomic E-state index is 13.1. The van der Waals surface area contributed by atoms with E-state index in [-0.39, 0.29) is 24.9 Å². The fourth-order valence-electron chi connectivity index (χ4n) is 7.37. The number of aliphatic hydroxyl groups is 2. The van der Waals surface area contributed by atoms with E-state index >= 15 is 0 Å². The van der Waals surface area contributed by atoms with Crippen LogP contribution >= 0.6 is 0 Å². The van der Waals surface area contributed by atoms with E-state index in [4.69, 9.17) is 4.74 Å². The topological polar surface area (TPSA) is 95.9 Å². The first kappa shape index (κ1) is 50.9. The summed E-state index contributed by atoms with van der Waals surface area (Å²) < 4.78 is 5.88. The SMILES string of the molecule is CCCCCCCCCCCCCCCCCCC(=O)OC(CCCCCCCCC)CC(=O)NC(CO)C(O)CCCCCCCCCCCC. The highest BCUT2D eigenvalue weighted by atomic mass is 16.5. The summed E-state index contributed by atoms with van der Waals surface area (Å²) in [5.41, 5.74) is 0. The standard InChI is InChI=1S/C46H91NO5/c1-4-7-10-13-16-18-20-21-22-23-24-25-27-30-33-36-39-46(51)52-42(37-34-31-28-15-12-9-6-3)40-45(50)47-43(41-48)44(49)38-35-32-29-26-19-17-14-11-8-5-2/h42-44,48-49H,4-41H2,1-3H3,(H,47,50). The highest BCUT2D eigenvalue weighted by Crippen LogP contribution is 2.18. The highest BCUT2D eigenvalue weighted by Gasteiger charge is 2.24. The Kier molecular flexibility index (Phi) is 40.1. The zero-order valence-corrected chi connectivity index (χ0v) is 35.2. The molecule has 0 rings (SSSR count). The van der Waals surface area contributed by atoms with Gasteiger partial charge in [-0.2, -0.15) is 0 Å². The molecular weight excluding hydrogens is 647 g/mol. The number of nitrogens with one attached hydrogen (secondary N) is 1. The number of unbranched alkanes of at least 4 members (excludes halogenated alkanes) is 30. The van der Waals surface area contributed by atoms with Crippen LogP contribution in [0, 0.1) is 0 Å². The molecule has 0 saturated carbocycles. The Bertz CT molecular complexity index is 746. The molecule has 3 atom stereocenters. The first-order valence-corrected chi connectivity index (χ1v) is 23.3. The molecule has 3 N–H and O–H groups in total. The summed E-state index contributed by atoms with van der Waals surface area (Å²) in [6.45, 7) is 6.45. The van der Waals surface area contributed by atoms with E-state index in [1.54, 1.807) is 0 Å². The summed E-state index contributed by atoms with van der Waals surface area (Å²) in [6, 6.07) is -0.689. The lowest BCUT2D eigenvalue weighted by Gasteiger charge is -2.24. The fraction of sp³-hybridized carbons (Fsp3) is 0.957. The molecule has 3 unspecified atom stereocenters. The summed E-state index contributed by atoms with van der Waals surface area (Å²) in [7, 11) is 0. The molecule has 310 valence electrons. The van der Waals surface area contributed by atoms with Gasteiger partial charge in [-0.1, -0.05) is 220 Å². The summed E-state index contributed by atoms with van der Waals surface area (Å²) in [4.78, 5) is 25.9. The van der Waals surface area contributed by atoms with Gasteiger partial charge in [0.2, 0.25) is 5.91 Å². The number of esters is 1. The van der Waals surface area contributed by atoms with E-state index < -0.39 is 18.2 Å². The Morgan fingerprint density at radius 2 is 0.808 bits per heavy atom. The second-order valence-electron chi connectivity index (χ2n) is 16.2. The van der Waals surface area contributed by atoms with Gasteiger partial charge in [-0.25, -0.2) is 0 Å². The number of amides is 1. The summed E-state index contributed by atoms with van der Waals surface area (Å²) in [6.07, 6.45) is 41.8. The van der Waals surface area contributed by atoms with Gasteiger partial charge in [0.25, 0.3) is 0 Å². The number of carbonyl (C=O) groups excluding carboxylic acids is 2. The van der Waals surface area contributed by atoms with Crippen molar-refractivity contribution in [3.8, 4) is 0 Å². The van der Waals surface area contributed by atoms with Crippen molar-refractivity contribution in [1.29, 1.82) is 0 Å². The van der Waals surface area contributed by atoms with E-state index in [9.17, 15) is 19.8 Å². The monoisotopic (exact) mass is 738 g/mol. The molecule has 0 aromatic heterocycles. The lowest BCUT2D eigenvalue weighted by molar-refractivity contribution is -0.151. The summed E-state index contributed by atoms with van der Waals surface area (Å²) >= 11 is 0. The molecule has 0 spiro atoms. The zero-order valence-electron chi connectivity index (χ0n) is 35.2. The molecule has 6 heteroatoms. The average Bonchev–Trinajstić information content (AvgIpc) is 3.13. The molecule has 0 aliphatic carbocycles. The molecule has 52 heavy (non-hydrogen) atoms. The second-order valence-corrected chi connectivity index (χ2v) is 16.2. The van der Waals surface area contributed by atoms with Gasteiger partial charge in [-0.05, 0) is 25.7 Å². The Balaban J connectivity index is 4.36. The molecule has 0 bridgehead atoms. The first-order valence-electron chi connectivity index (χ1n) is 23.3. The second kappa shape index (κ2) is 41.0. The van der Waals surface area contributed by atoms with Gasteiger partial charge in [0.05, 0.1) is 25.2 Å². The van der Waals surface area contributed by atoms with Crippen LogP contribution in [-0.4, -0.2) is 46.9 Å². The smallest absolute Gasteiger partial charge is 0.306 e. The first-order chi connectivity index (χ1) is 25.5. The Morgan fingerprint density at radius 1 is 0.481 bits per heavy atom. The van der Waals surface area contributed by atoms with Crippen molar-refractivity contribution in [1.82, 2.24) is 5.32 Å². The maximum Gasteiger partial charge on any atom is 0.306 e. The minimum atomic E-state index is -0.776. The molecular formula is C46H91NO5. The molecule has 0 saturated heterocycles. The van der Waals surface area contributed by atoms with E-state index in [1.165, 1.54) is 173 Å². The van der Waals surface area contributed by atoms with Crippen LogP contribution in [0.2, 0.25) is 0 Å². The normalized spacial score (nSPS) is 13.2. The van der Waals surface area contributed by atoms with Crippen molar-refractivity contribution in [2.45, 2.75) is 277 Å². The van der Waals surface area contributed by atoms with E-state index in [2.05, 4.69) is 26.1 Å². The minimum Gasteiger partial charge on any atom is -0.462 e. The van der Waals surface area contributed by atoms with Crippen LogP contribution in [0.25, 0.3) is 0 Å². The lowest BCUT2D eigenvalue weighted by atomic mass is 10.0. The number of carbonyl (C=O) groups is 2. The predicted molar refractivity (Wildman–Crippen MR) is 223 cm³/mol. The van der Waals surface area contributed by atoms with Crippen molar-refractivity contribution >= 4 is 11.9 Å². The summed E-state index contributed by atoms with van der Waals surface area (Å²) in [5.74, 6) is -0.463. The third-order valence-electron chi connectivity index (χ3n) is 10.9. The molecule has 1 amide bonds. The van der Waals surface area contributed by atoms with Gasteiger partial charge in [0.15, 0.2) is 0 Å². The van der Waals surface area contributed by atoms with Crippen LogP contribution in [-0.2, 0) is 14.3 Å². The van der Waals surface area contributed by atoms with Crippen LogP contribution < -0.4 is 5.32 Å². The third kappa shape index (κ3) is 35.9. The molecule has 0 heterocycles. The fourth-order valence-corrected chi connectivity index (χ4v) is 7.37. The number of ether oxygens (including phenoxy) is 1. The van der Waals surface area contributed by atoms with Crippen LogP contribution in [0.5, 0.6) is 0 Å². The van der Waals surface area contributed by atoms with Gasteiger partial charge in [0, 0.05) is 6.42 Å². The van der Waals surface area contributed by atoms with E-state index in [1.807, 2.05) is 0 Å². The van der Waals surface area contributed by atoms with Gasteiger partial charge >= 0.3 is 5.97 Å². The quantitative estimate of drug-likeness (QED) is 0.0428. The molecule has 0 aliphatic rings. The van der Waals surface area contributed by atoms with Gasteiger partial charge in [0.1, 0.15) is 6.10 Å². The minimum absolute atomic E-state index is 0.0853. The molecule has 6 nitrogen and oxygen atoms in total. The van der Waals surface area contributed by atoms with Crippen molar-refractivity contribution in [3.63, 3.8) is 0 Å². The van der Waals surface area contributed by atoms with Crippen molar-refractivity contribution in [2.24, 2.45) is 0 Å². The Morgan fingerprint density at radius 3 is 1.17 bits per heavy atom. The van der Waals surface area contributed by atoms with Crippen LogP contribution in [0.4, 0.5) is 0 Å². The number of rotatable bonds is 42. The third-order valence-corrected chi connectivity index (χ3v) is 10.9. The van der Waals surface area contributed by atoms with Crippen molar-refractivity contribution in [2.75, 3.05) is 6.61 Å². The molecule has 0 radical (unpaired) electrons. The summed E-state index contributed by atoms with van der Waals surface area (Å²) in [5, 5.41) is 23.5. The van der Waals surface area contributed by atoms with Crippen LogP contribution in [0.1, 0.15) is 258 Å². The number of hydrogen-bond acceptors (Lipinski definition) is 5. The largest absolute Gasteiger partial charge is 0.462 e. The molecule has 0 fully saturated rings. The van der Waals surface area contributed by atoms with Crippen LogP contribution in [0.15, 0.2) is 0 Å². The zero-order chi connectivity index (χ0) is 38.2. The van der Waals surface area contributed by atoms with Gasteiger partial charge in [-0.15, -0.1) is 0 Å². The van der Waals surface area contributed by atoms with Crippen molar-refractivity contribution in [3.05, 3.63) is 0 Å². The number of hydrogen-bond donors (Lipinski definition) is 3. The lowest BCUT2D eigenvalue weighted by Crippen LogP contribution is -2.46. The van der Waals surface area contributed by atoms with Crippen molar-refractivity contribution < 1.29 is 24.5 Å². The number of aliphatic hydroxyl groups excluding tert-OH is 2. The Labute approximate surface area is 324 Å². The molecule has 0 aromatic carbocycles. The predicted octanol–water partition coefficient (Wildman–Crippen LogP) is 13.2. The average molecular weight is 738 g/mol. The molecule has 0 aliphatic heterocycles. The van der Waals surface area contributed by atoms with E-state index in [0.717, 1.165) is 38.5 Å². The molecule has 0 aromatic rings. The van der Waals surface area contributed by atoms with Crippen LogP contribution in [0.3, 0.4) is 0 Å². The van der Waals surface area contributed by atoms with Gasteiger partial charge < -0.3 is 20.3 Å². The Hall–Kier alpha value is -1.14. The maximum atomic E-state index is 13.1. The highest BCUT2D eigenvalue weighted by molar-refractivity contribution is 5.77. The van der Waals surface area contributed by atoms with Gasteiger partial charge in [-0.3, -0.25) is 9.59 Å². The van der Waals surface area contributed by atoms with E-state index in [0.29, 0.717) is 19.3 Å².